The Bertz CT molecular complexity index is 482. The van der Waals surface area contributed by atoms with Crippen LogP contribution in [0.15, 0.2) is 48.5 Å². The second-order valence-corrected chi connectivity index (χ2v) is 5.05. The molecule has 2 rings (SSSR count). The van der Waals surface area contributed by atoms with Crippen LogP contribution in [0.4, 0.5) is 0 Å². The van der Waals surface area contributed by atoms with Crippen molar-refractivity contribution >= 4 is 0 Å². The highest BCUT2D eigenvalue weighted by Crippen LogP contribution is 2.19. The molecule has 94 valence electrons. The third-order valence-corrected chi connectivity index (χ3v) is 3.26. The first-order valence-corrected chi connectivity index (χ1v) is 6.53. The molecule has 0 aromatic heterocycles. The smallest absolute Gasteiger partial charge is 0.0298 e. The van der Waals surface area contributed by atoms with Crippen molar-refractivity contribution in [2.45, 2.75) is 32.7 Å². The van der Waals surface area contributed by atoms with Gasteiger partial charge in [-0.05, 0) is 37.8 Å². The summed E-state index contributed by atoms with van der Waals surface area (Å²) in [5.41, 5.74) is 11.5. The first kappa shape index (κ1) is 12.8. The standard InChI is InChI=1S/C17H21N/c1-13-10-14(2)12-16(11-13)17(18)9-8-15-6-4-3-5-7-15/h3-7,10-12,17H,8-9,18H2,1-2H3. The minimum absolute atomic E-state index is 0.129. The monoisotopic (exact) mass is 239 g/mol. The zero-order valence-electron chi connectivity index (χ0n) is 11.2. The van der Waals surface area contributed by atoms with Gasteiger partial charge in [0.25, 0.3) is 0 Å². The maximum absolute atomic E-state index is 6.28. The Hall–Kier alpha value is -1.60. The van der Waals surface area contributed by atoms with E-state index in [1.165, 1.54) is 22.3 Å². The molecule has 1 heteroatoms. The van der Waals surface area contributed by atoms with Crippen LogP contribution in [0.2, 0.25) is 0 Å². The Balaban J connectivity index is 2.01. The van der Waals surface area contributed by atoms with Gasteiger partial charge in [0.1, 0.15) is 0 Å². The molecular formula is C17H21N. The molecule has 0 heterocycles. The zero-order valence-corrected chi connectivity index (χ0v) is 11.2. The van der Waals surface area contributed by atoms with E-state index in [0.29, 0.717) is 0 Å². The molecule has 1 unspecified atom stereocenters. The van der Waals surface area contributed by atoms with Gasteiger partial charge in [0, 0.05) is 6.04 Å². The minimum atomic E-state index is 0.129. The van der Waals surface area contributed by atoms with Gasteiger partial charge in [0.15, 0.2) is 0 Å². The number of hydrogen-bond donors (Lipinski definition) is 1. The molecule has 0 radical (unpaired) electrons. The molecule has 0 aliphatic rings. The molecule has 0 aliphatic carbocycles. The van der Waals surface area contributed by atoms with Crippen molar-refractivity contribution in [3.8, 4) is 0 Å². The van der Waals surface area contributed by atoms with Crippen LogP contribution in [0.25, 0.3) is 0 Å². The molecule has 0 saturated carbocycles. The van der Waals surface area contributed by atoms with Crippen LogP contribution in [-0.2, 0) is 6.42 Å². The third kappa shape index (κ3) is 3.44. The van der Waals surface area contributed by atoms with E-state index in [1.54, 1.807) is 0 Å². The molecule has 1 atom stereocenters. The topological polar surface area (TPSA) is 26.0 Å². The number of aryl methyl sites for hydroxylation is 3. The molecule has 0 bridgehead atoms. The fraction of sp³-hybridized carbons (Fsp3) is 0.294. The van der Waals surface area contributed by atoms with Crippen LogP contribution < -0.4 is 5.73 Å². The normalized spacial score (nSPS) is 12.4. The molecule has 2 aromatic carbocycles. The SMILES string of the molecule is Cc1cc(C)cc(C(N)CCc2ccccc2)c1. The average Bonchev–Trinajstić information content (AvgIpc) is 2.36. The van der Waals surface area contributed by atoms with Gasteiger partial charge in [-0.3, -0.25) is 0 Å². The van der Waals surface area contributed by atoms with Gasteiger partial charge in [-0.25, -0.2) is 0 Å². The van der Waals surface area contributed by atoms with E-state index in [-0.39, 0.29) is 6.04 Å². The Kier molecular flexibility index (Phi) is 4.16. The summed E-state index contributed by atoms with van der Waals surface area (Å²) >= 11 is 0. The minimum Gasteiger partial charge on any atom is -0.324 e. The Morgan fingerprint density at radius 1 is 0.944 bits per heavy atom. The highest BCUT2D eigenvalue weighted by molar-refractivity contribution is 5.30. The zero-order chi connectivity index (χ0) is 13.0. The van der Waals surface area contributed by atoms with Gasteiger partial charge in [0.2, 0.25) is 0 Å². The lowest BCUT2D eigenvalue weighted by Crippen LogP contribution is -2.11. The van der Waals surface area contributed by atoms with Crippen molar-refractivity contribution in [1.29, 1.82) is 0 Å². The highest BCUT2D eigenvalue weighted by Gasteiger charge is 2.07. The summed E-state index contributed by atoms with van der Waals surface area (Å²) in [7, 11) is 0. The van der Waals surface area contributed by atoms with E-state index in [2.05, 4.69) is 56.3 Å². The lowest BCUT2D eigenvalue weighted by Gasteiger charge is -2.13. The van der Waals surface area contributed by atoms with E-state index in [9.17, 15) is 0 Å². The third-order valence-electron chi connectivity index (χ3n) is 3.26. The molecule has 18 heavy (non-hydrogen) atoms. The molecule has 0 fully saturated rings. The molecule has 0 amide bonds. The molecule has 0 aliphatic heterocycles. The first-order chi connectivity index (χ1) is 8.65. The molecule has 2 N–H and O–H groups in total. The van der Waals surface area contributed by atoms with E-state index in [4.69, 9.17) is 5.73 Å². The lowest BCUT2D eigenvalue weighted by molar-refractivity contribution is 0.650. The predicted molar refractivity (Wildman–Crippen MR) is 77.6 cm³/mol. The van der Waals surface area contributed by atoms with Crippen molar-refractivity contribution in [3.63, 3.8) is 0 Å². The largest absolute Gasteiger partial charge is 0.324 e. The second-order valence-electron chi connectivity index (χ2n) is 5.05. The van der Waals surface area contributed by atoms with Crippen LogP contribution in [-0.4, -0.2) is 0 Å². The van der Waals surface area contributed by atoms with Crippen LogP contribution in [0.5, 0.6) is 0 Å². The van der Waals surface area contributed by atoms with Crippen molar-refractivity contribution in [2.24, 2.45) is 5.73 Å². The Morgan fingerprint density at radius 3 is 2.17 bits per heavy atom. The Labute approximate surface area is 110 Å². The number of rotatable bonds is 4. The summed E-state index contributed by atoms with van der Waals surface area (Å²) in [4.78, 5) is 0. The maximum Gasteiger partial charge on any atom is 0.0298 e. The van der Waals surface area contributed by atoms with Crippen LogP contribution in [0.1, 0.15) is 34.7 Å². The van der Waals surface area contributed by atoms with Crippen molar-refractivity contribution in [2.75, 3.05) is 0 Å². The molecule has 2 aromatic rings. The summed E-state index contributed by atoms with van der Waals surface area (Å²) in [6, 6.07) is 17.2. The molecular weight excluding hydrogens is 218 g/mol. The fourth-order valence-corrected chi connectivity index (χ4v) is 2.36. The van der Waals surface area contributed by atoms with E-state index in [1.807, 2.05) is 6.07 Å². The number of nitrogens with two attached hydrogens (primary N) is 1. The lowest BCUT2D eigenvalue weighted by atomic mass is 9.97. The van der Waals surface area contributed by atoms with Crippen LogP contribution in [0.3, 0.4) is 0 Å². The summed E-state index contributed by atoms with van der Waals surface area (Å²) in [5.74, 6) is 0. The summed E-state index contributed by atoms with van der Waals surface area (Å²) in [6.07, 6.45) is 2.03. The van der Waals surface area contributed by atoms with Crippen molar-refractivity contribution in [1.82, 2.24) is 0 Å². The first-order valence-electron chi connectivity index (χ1n) is 6.53. The fourth-order valence-electron chi connectivity index (χ4n) is 2.36. The second kappa shape index (κ2) is 5.83. The van der Waals surface area contributed by atoms with Gasteiger partial charge in [-0.15, -0.1) is 0 Å². The van der Waals surface area contributed by atoms with E-state index >= 15 is 0 Å². The Morgan fingerprint density at radius 2 is 1.56 bits per heavy atom. The van der Waals surface area contributed by atoms with Crippen LogP contribution in [0, 0.1) is 13.8 Å². The van der Waals surface area contributed by atoms with Crippen LogP contribution >= 0.6 is 0 Å². The van der Waals surface area contributed by atoms with E-state index < -0.39 is 0 Å². The van der Waals surface area contributed by atoms with Gasteiger partial charge >= 0.3 is 0 Å². The van der Waals surface area contributed by atoms with Gasteiger partial charge in [-0.2, -0.15) is 0 Å². The van der Waals surface area contributed by atoms with Gasteiger partial charge < -0.3 is 5.73 Å². The molecule has 1 nitrogen and oxygen atoms in total. The summed E-state index contributed by atoms with van der Waals surface area (Å²) in [5, 5.41) is 0. The molecule has 0 spiro atoms. The highest BCUT2D eigenvalue weighted by atomic mass is 14.6. The van der Waals surface area contributed by atoms with Crippen molar-refractivity contribution < 1.29 is 0 Å². The van der Waals surface area contributed by atoms with Gasteiger partial charge in [-0.1, -0.05) is 59.7 Å². The quantitative estimate of drug-likeness (QED) is 0.859. The summed E-state index contributed by atoms with van der Waals surface area (Å²) in [6.45, 7) is 4.25. The maximum atomic E-state index is 6.28. The molecule has 0 saturated heterocycles. The number of hydrogen-bond acceptors (Lipinski definition) is 1. The van der Waals surface area contributed by atoms with E-state index in [0.717, 1.165) is 12.8 Å². The van der Waals surface area contributed by atoms with Crippen molar-refractivity contribution in [3.05, 3.63) is 70.8 Å². The number of benzene rings is 2. The predicted octanol–water partition coefficient (Wildman–Crippen LogP) is 3.94. The average molecular weight is 239 g/mol. The van der Waals surface area contributed by atoms with Gasteiger partial charge in [0.05, 0.1) is 0 Å². The summed E-state index contributed by atoms with van der Waals surface area (Å²) < 4.78 is 0.